The van der Waals surface area contributed by atoms with Crippen LogP contribution in [0, 0.1) is 0 Å². The molecular formula is C16H19N3O2S. The van der Waals surface area contributed by atoms with Gasteiger partial charge in [0, 0.05) is 23.3 Å². The zero-order chi connectivity index (χ0) is 15.9. The van der Waals surface area contributed by atoms with E-state index in [0.29, 0.717) is 17.8 Å². The fourth-order valence-corrected chi connectivity index (χ4v) is 3.30. The van der Waals surface area contributed by atoms with Gasteiger partial charge in [0.2, 0.25) is 5.91 Å². The van der Waals surface area contributed by atoms with E-state index in [1.54, 1.807) is 16.4 Å². The number of carbonyl (C=O) groups is 1. The molecule has 1 amide bonds. The van der Waals surface area contributed by atoms with Crippen molar-refractivity contribution in [2.45, 2.75) is 37.1 Å². The number of H-pyrrole nitrogens is 1. The van der Waals surface area contributed by atoms with Crippen LogP contribution in [-0.2, 0) is 4.79 Å². The molecule has 2 aromatic rings. The number of nitrogens with one attached hydrogen (secondary N) is 2. The largest absolute Gasteiger partial charge is 0.311 e. The number of aromatic nitrogens is 2. The summed E-state index contributed by atoms with van der Waals surface area (Å²) in [5, 5.41) is 5.68. The number of fused-ring (bicyclic) bond motifs is 1. The summed E-state index contributed by atoms with van der Waals surface area (Å²) >= 11 is 1.67. The summed E-state index contributed by atoms with van der Waals surface area (Å²) in [4.78, 5) is 25.6. The van der Waals surface area contributed by atoms with Gasteiger partial charge in [-0.25, -0.2) is 0 Å². The van der Waals surface area contributed by atoms with E-state index in [2.05, 4.69) is 10.4 Å². The van der Waals surface area contributed by atoms with E-state index >= 15 is 0 Å². The minimum absolute atomic E-state index is 0.0557. The lowest BCUT2D eigenvalue weighted by Gasteiger charge is -2.24. The molecule has 0 spiro atoms. The first-order chi connectivity index (χ1) is 10.5. The maximum absolute atomic E-state index is 12.4. The predicted octanol–water partition coefficient (Wildman–Crippen LogP) is 2.95. The summed E-state index contributed by atoms with van der Waals surface area (Å²) in [5.41, 5.74) is 1.54. The highest BCUT2D eigenvalue weighted by Gasteiger charge is 2.32. The highest BCUT2D eigenvalue weighted by molar-refractivity contribution is 7.98. The number of amides is 1. The van der Waals surface area contributed by atoms with Crippen LogP contribution in [0.25, 0.3) is 0 Å². The Kier molecular flexibility index (Phi) is 3.87. The monoisotopic (exact) mass is 317 g/mol. The van der Waals surface area contributed by atoms with Crippen LogP contribution < -0.4 is 10.9 Å². The average Bonchev–Trinajstić information content (AvgIpc) is 2.84. The zero-order valence-electron chi connectivity index (χ0n) is 12.8. The van der Waals surface area contributed by atoms with Crippen molar-refractivity contribution < 1.29 is 4.79 Å². The summed E-state index contributed by atoms with van der Waals surface area (Å²) < 4.78 is 1.73. The Morgan fingerprint density at radius 2 is 1.91 bits per heavy atom. The number of hydrogen-bond acceptors (Lipinski definition) is 3. The second kappa shape index (κ2) is 5.68. The standard InChI is InChI=1S/C16H19N3O2S/c1-9(2)19-15-14(16(21)18-19)12(8-13(20)17-15)10-4-6-11(22-3)7-5-10/h4-7,9,12H,8H2,1-3H3,(H,17,20)(H,18,21)/t12-/m0/s1. The molecular weight excluding hydrogens is 298 g/mol. The van der Waals surface area contributed by atoms with Crippen molar-refractivity contribution in [2.75, 3.05) is 11.6 Å². The van der Waals surface area contributed by atoms with Crippen LogP contribution in [0.3, 0.4) is 0 Å². The van der Waals surface area contributed by atoms with Gasteiger partial charge in [0.15, 0.2) is 0 Å². The van der Waals surface area contributed by atoms with Crippen molar-refractivity contribution in [3.05, 3.63) is 45.7 Å². The average molecular weight is 317 g/mol. The Labute approximate surface area is 133 Å². The van der Waals surface area contributed by atoms with Crippen molar-refractivity contribution in [1.82, 2.24) is 9.78 Å². The van der Waals surface area contributed by atoms with Crippen LogP contribution in [0.2, 0.25) is 0 Å². The molecule has 1 aliphatic heterocycles. The molecule has 0 saturated carbocycles. The van der Waals surface area contributed by atoms with Crippen molar-refractivity contribution in [2.24, 2.45) is 0 Å². The molecule has 1 aromatic carbocycles. The maximum Gasteiger partial charge on any atom is 0.270 e. The third-order valence-corrected chi connectivity index (χ3v) is 4.74. The second-order valence-electron chi connectivity index (χ2n) is 5.75. The van der Waals surface area contributed by atoms with E-state index in [9.17, 15) is 9.59 Å². The van der Waals surface area contributed by atoms with Crippen LogP contribution in [0.5, 0.6) is 0 Å². The smallest absolute Gasteiger partial charge is 0.270 e. The number of hydrogen-bond donors (Lipinski definition) is 2. The van der Waals surface area contributed by atoms with E-state index in [-0.39, 0.29) is 23.4 Å². The van der Waals surface area contributed by atoms with Crippen LogP contribution in [0.1, 0.15) is 43.4 Å². The first-order valence-electron chi connectivity index (χ1n) is 7.29. The van der Waals surface area contributed by atoms with Gasteiger partial charge in [-0.05, 0) is 37.8 Å². The molecule has 0 aliphatic carbocycles. The van der Waals surface area contributed by atoms with Crippen molar-refractivity contribution in [1.29, 1.82) is 0 Å². The Bertz CT molecular complexity index is 759. The topological polar surface area (TPSA) is 66.9 Å². The molecule has 3 rings (SSSR count). The fraction of sp³-hybridized carbons (Fsp3) is 0.375. The molecule has 0 unspecified atom stereocenters. The molecule has 0 bridgehead atoms. The summed E-state index contributed by atoms with van der Waals surface area (Å²) in [6.45, 7) is 3.94. The van der Waals surface area contributed by atoms with Gasteiger partial charge in [-0.1, -0.05) is 12.1 Å². The Balaban J connectivity index is 2.11. The lowest BCUT2D eigenvalue weighted by molar-refractivity contribution is -0.116. The van der Waals surface area contributed by atoms with Gasteiger partial charge >= 0.3 is 0 Å². The van der Waals surface area contributed by atoms with E-state index in [1.807, 2.05) is 44.4 Å². The summed E-state index contributed by atoms with van der Waals surface area (Å²) in [6.07, 6.45) is 2.32. The Morgan fingerprint density at radius 3 is 2.50 bits per heavy atom. The van der Waals surface area contributed by atoms with E-state index in [4.69, 9.17) is 0 Å². The van der Waals surface area contributed by atoms with E-state index < -0.39 is 0 Å². The number of anilines is 1. The molecule has 1 atom stereocenters. The van der Waals surface area contributed by atoms with Gasteiger partial charge in [-0.3, -0.25) is 19.4 Å². The molecule has 2 N–H and O–H groups in total. The number of benzene rings is 1. The number of aromatic amines is 1. The van der Waals surface area contributed by atoms with Gasteiger partial charge in [-0.15, -0.1) is 11.8 Å². The van der Waals surface area contributed by atoms with Crippen molar-refractivity contribution in [3.8, 4) is 0 Å². The quantitative estimate of drug-likeness (QED) is 0.855. The Morgan fingerprint density at radius 1 is 1.23 bits per heavy atom. The minimum Gasteiger partial charge on any atom is -0.311 e. The molecule has 5 nitrogen and oxygen atoms in total. The molecule has 116 valence electrons. The molecule has 0 radical (unpaired) electrons. The van der Waals surface area contributed by atoms with Crippen LogP contribution in [-0.4, -0.2) is 21.9 Å². The number of rotatable bonds is 3. The lowest BCUT2D eigenvalue weighted by atomic mass is 9.87. The van der Waals surface area contributed by atoms with Crippen LogP contribution in [0.15, 0.2) is 34.0 Å². The first-order valence-corrected chi connectivity index (χ1v) is 8.52. The molecule has 0 fully saturated rings. The predicted molar refractivity (Wildman–Crippen MR) is 88.8 cm³/mol. The van der Waals surface area contributed by atoms with Gasteiger partial charge in [0.05, 0.1) is 5.56 Å². The zero-order valence-corrected chi connectivity index (χ0v) is 13.7. The van der Waals surface area contributed by atoms with Crippen LogP contribution >= 0.6 is 11.8 Å². The highest BCUT2D eigenvalue weighted by Crippen LogP contribution is 2.36. The molecule has 0 saturated heterocycles. The molecule has 1 aromatic heterocycles. The highest BCUT2D eigenvalue weighted by atomic mass is 32.2. The third-order valence-electron chi connectivity index (χ3n) is 3.99. The summed E-state index contributed by atoms with van der Waals surface area (Å²) in [7, 11) is 0. The fourth-order valence-electron chi connectivity index (χ4n) is 2.89. The van der Waals surface area contributed by atoms with Crippen LogP contribution in [0.4, 0.5) is 5.82 Å². The summed E-state index contributed by atoms with van der Waals surface area (Å²) in [5.74, 6) is 0.360. The van der Waals surface area contributed by atoms with Gasteiger partial charge < -0.3 is 5.32 Å². The number of thioether (sulfide) groups is 1. The normalized spacial score (nSPS) is 17.5. The van der Waals surface area contributed by atoms with Gasteiger partial charge in [-0.2, -0.15) is 0 Å². The second-order valence-corrected chi connectivity index (χ2v) is 6.62. The number of carbonyl (C=O) groups excluding carboxylic acids is 1. The number of nitrogens with zero attached hydrogens (tertiary/aromatic N) is 1. The molecule has 2 heterocycles. The maximum atomic E-state index is 12.4. The third kappa shape index (κ3) is 2.47. The molecule has 6 heteroatoms. The van der Waals surface area contributed by atoms with E-state index in [1.165, 1.54) is 0 Å². The molecule has 1 aliphatic rings. The Hall–Kier alpha value is -1.95. The van der Waals surface area contributed by atoms with Gasteiger partial charge in [0.25, 0.3) is 5.56 Å². The van der Waals surface area contributed by atoms with Gasteiger partial charge in [0.1, 0.15) is 5.82 Å². The molecule has 22 heavy (non-hydrogen) atoms. The van der Waals surface area contributed by atoms with E-state index in [0.717, 1.165) is 10.5 Å². The minimum atomic E-state index is -0.191. The SMILES string of the molecule is CSc1ccc([C@@H]2CC(=O)Nc3c2c(=O)[nH]n3C(C)C)cc1. The summed E-state index contributed by atoms with van der Waals surface area (Å²) in [6, 6.07) is 8.14. The van der Waals surface area contributed by atoms with Crippen molar-refractivity contribution >= 4 is 23.5 Å². The lowest BCUT2D eigenvalue weighted by Crippen LogP contribution is -2.27. The first kappa shape index (κ1) is 15.0. The van der Waals surface area contributed by atoms with Crippen molar-refractivity contribution in [3.63, 3.8) is 0 Å².